The first-order valence-electron chi connectivity index (χ1n) is 8.11. The molecular weight excluding hydrogens is 357 g/mol. The van der Waals surface area contributed by atoms with Gasteiger partial charge in [-0.2, -0.15) is 0 Å². The second kappa shape index (κ2) is 7.66. The van der Waals surface area contributed by atoms with E-state index in [-0.39, 0.29) is 18.1 Å². The van der Waals surface area contributed by atoms with Crippen molar-refractivity contribution in [3.8, 4) is 0 Å². The molecule has 1 aliphatic heterocycles. The van der Waals surface area contributed by atoms with Crippen molar-refractivity contribution in [3.63, 3.8) is 0 Å². The molecule has 0 bridgehead atoms. The Kier molecular flexibility index (Phi) is 5.32. The summed E-state index contributed by atoms with van der Waals surface area (Å²) >= 11 is 6.32. The fraction of sp³-hybridized carbons (Fsp3) is 0.211. The van der Waals surface area contributed by atoms with Crippen molar-refractivity contribution < 1.29 is 13.9 Å². The summed E-state index contributed by atoms with van der Waals surface area (Å²) in [5.74, 6) is -0.769. The van der Waals surface area contributed by atoms with Gasteiger partial charge in [-0.25, -0.2) is 14.2 Å². The van der Waals surface area contributed by atoms with Crippen molar-refractivity contribution in [3.05, 3.63) is 76.0 Å². The minimum Gasteiger partial charge on any atom is -0.463 e. The van der Waals surface area contributed by atoms with E-state index >= 15 is 0 Å². The summed E-state index contributed by atoms with van der Waals surface area (Å²) < 4.78 is 19.3. The first kappa shape index (κ1) is 18.1. The van der Waals surface area contributed by atoms with Gasteiger partial charge in [-0.1, -0.05) is 29.8 Å². The Morgan fingerprint density at radius 2 is 2.08 bits per heavy atom. The quantitative estimate of drug-likeness (QED) is 0.828. The molecule has 2 aromatic rings. The molecule has 3 rings (SSSR count). The van der Waals surface area contributed by atoms with E-state index in [1.807, 2.05) is 0 Å². The SMILES string of the molecule is CCOC(=O)C1=C(C)NC(c2ncccc2F)=NC1c1ccccc1Cl. The van der Waals surface area contributed by atoms with Crippen LogP contribution in [0.3, 0.4) is 0 Å². The molecule has 2 heterocycles. The minimum atomic E-state index is -0.722. The van der Waals surface area contributed by atoms with Gasteiger partial charge in [0.05, 0.1) is 12.2 Å². The number of aromatic nitrogens is 1. The third-order valence-corrected chi connectivity index (χ3v) is 4.26. The first-order chi connectivity index (χ1) is 12.5. The maximum Gasteiger partial charge on any atom is 0.338 e. The lowest BCUT2D eigenvalue weighted by atomic mass is 9.95. The van der Waals surface area contributed by atoms with Crippen LogP contribution in [0.1, 0.15) is 31.1 Å². The fourth-order valence-electron chi connectivity index (χ4n) is 2.75. The molecule has 0 fully saturated rings. The lowest BCUT2D eigenvalue weighted by Crippen LogP contribution is -2.34. The van der Waals surface area contributed by atoms with Gasteiger partial charge in [0.1, 0.15) is 11.7 Å². The Morgan fingerprint density at radius 3 is 2.77 bits per heavy atom. The summed E-state index contributed by atoms with van der Waals surface area (Å²) in [6.07, 6.45) is 1.48. The first-order valence-corrected chi connectivity index (χ1v) is 8.48. The Bertz CT molecular complexity index is 911. The number of benzene rings is 1. The van der Waals surface area contributed by atoms with Crippen molar-refractivity contribution in [2.75, 3.05) is 6.61 Å². The van der Waals surface area contributed by atoms with E-state index in [4.69, 9.17) is 16.3 Å². The average molecular weight is 374 g/mol. The third kappa shape index (κ3) is 3.46. The van der Waals surface area contributed by atoms with Gasteiger partial charge in [-0.3, -0.25) is 4.99 Å². The number of ether oxygens (including phenoxy) is 1. The predicted octanol–water partition coefficient (Wildman–Crippen LogP) is 3.80. The maximum absolute atomic E-state index is 14.2. The zero-order chi connectivity index (χ0) is 18.7. The van der Waals surface area contributed by atoms with E-state index in [2.05, 4.69) is 15.3 Å². The Hall–Kier alpha value is -2.73. The number of nitrogens with one attached hydrogen (secondary N) is 1. The zero-order valence-electron chi connectivity index (χ0n) is 14.3. The van der Waals surface area contributed by atoms with Crippen LogP contribution in [0.25, 0.3) is 0 Å². The number of amidine groups is 1. The topological polar surface area (TPSA) is 63.6 Å². The average Bonchev–Trinajstić information content (AvgIpc) is 2.62. The van der Waals surface area contributed by atoms with Crippen LogP contribution in [0.15, 0.2) is 58.9 Å². The molecule has 0 saturated heterocycles. The summed E-state index contributed by atoms with van der Waals surface area (Å²) in [6, 6.07) is 9.17. The molecule has 0 spiro atoms. The van der Waals surface area contributed by atoms with Crippen molar-refractivity contribution in [2.45, 2.75) is 19.9 Å². The molecular formula is C19H17ClFN3O2. The van der Waals surface area contributed by atoms with Crippen molar-refractivity contribution in [1.82, 2.24) is 10.3 Å². The molecule has 0 amide bonds. The maximum atomic E-state index is 14.2. The lowest BCUT2D eigenvalue weighted by molar-refractivity contribution is -0.138. The molecule has 0 aliphatic carbocycles. The summed E-state index contributed by atoms with van der Waals surface area (Å²) in [5, 5.41) is 3.42. The number of carbonyl (C=O) groups is 1. The fourth-order valence-corrected chi connectivity index (χ4v) is 2.99. The van der Waals surface area contributed by atoms with E-state index < -0.39 is 17.8 Å². The van der Waals surface area contributed by atoms with Gasteiger partial charge in [0.2, 0.25) is 0 Å². The molecule has 1 unspecified atom stereocenters. The van der Waals surface area contributed by atoms with Crippen LogP contribution in [0.5, 0.6) is 0 Å². The molecule has 7 heteroatoms. The Morgan fingerprint density at radius 1 is 1.31 bits per heavy atom. The van der Waals surface area contributed by atoms with E-state index in [9.17, 15) is 9.18 Å². The minimum absolute atomic E-state index is 0.0758. The van der Waals surface area contributed by atoms with Gasteiger partial charge in [0, 0.05) is 22.5 Å². The number of esters is 1. The normalized spacial score (nSPS) is 16.8. The van der Waals surface area contributed by atoms with Gasteiger partial charge in [0.15, 0.2) is 11.7 Å². The highest BCUT2D eigenvalue weighted by atomic mass is 35.5. The molecule has 1 aromatic heterocycles. The van der Waals surface area contributed by atoms with Gasteiger partial charge in [-0.15, -0.1) is 0 Å². The molecule has 0 radical (unpaired) electrons. The number of carbonyl (C=O) groups excluding carboxylic acids is 1. The van der Waals surface area contributed by atoms with Crippen LogP contribution < -0.4 is 5.32 Å². The van der Waals surface area contributed by atoms with Gasteiger partial charge in [0.25, 0.3) is 0 Å². The lowest BCUT2D eigenvalue weighted by Gasteiger charge is -2.26. The number of halogens is 2. The van der Waals surface area contributed by atoms with E-state index in [1.165, 1.54) is 18.3 Å². The molecule has 26 heavy (non-hydrogen) atoms. The van der Waals surface area contributed by atoms with Crippen LogP contribution in [0.4, 0.5) is 4.39 Å². The predicted molar refractivity (Wildman–Crippen MR) is 97.4 cm³/mol. The summed E-state index contributed by atoms with van der Waals surface area (Å²) in [7, 11) is 0. The zero-order valence-corrected chi connectivity index (χ0v) is 15.0. The standard InChI is InChI=1S/C19H17ClFN3O2/c1-3-26-19(25)15-11(2)23-18(17-14(21)9-6-10-22-17)24-16(15)12-7-4-5-8-13(12)20/h4-10,16H,3H2,1-2H3,(H,23,24). The molecule has 1 aromatic carbocycles. The monoisotopic (exact) mass is 373 g/mol. The number of hydrogen-bond donors (Lipinski definition) is 1. The van der Waals surface area contributed by atoms with Crippen LogP contribution in [0, 0.1) is 5.82 Å². The number of allylic oxidation sites excluding steroid dienone is 1. The highest BCUT2D eigenvalue weighted by Gasteiger charge is 2.32. The second-order valence-electron chi connectivity index (χ2n) is 5.62. The summed E-state index contributed by atoms with van der Waals surface area (Å²) in [4.78, 5) is 21.1. The molecule has 1 N–H and O–H groups in total. The van der Waals surface area contributed by atoms with Gasteiger partial charge in [-0.05, 0) is 32.0 Å². The number of pyridine rings is 1. The highest BCUT2D eigenvalue weighted by Crippen LogP contribution is 2.35. The summed E-state index contributed by atoms with van der Waals surface area (Å²) in [5.41, 5.74) is 1.56. The number of aliphatic imine (C=N–C) groups is 1. The Balaban J connectivity index is 2.14. The van der Waals surface area contributed by atoms with Crippen LogP contribution in [-0.4, -0.2) is 23.4 Å². The number of nitrogens with zero attached hydrogens (tertiary/aromatic N) is 2. The Labute approximate surface area is 155 Å². The molecule has 0 saturated carbocycles. The summed E-state index contributed by atoms with van der Waals surface area (Å²) in [6.45, 7) is 3.68. The largest absolute Gasteiger partial charge is 0.463 e. The van der Waals surface area contributed by atoms with Crippen LogP contribution >= 0.6 is 11.6 Å². The van der Waals surface area contributed by atoms with Crippen molar-refractivity contribution >= 4 is 23.4 Å². The number of rotatable bonds is 4. The smallest absolute Gasteiger partial charge is 0.338 e. The van der Waals surface area contributed by atoms with Crippen LogP contribution in [0.2, 0.25) is 5.02 Å². The van der Waals surface area contributed by atoms with Crippen LogP contribution in [-0.2, 0) is 9.53 Å². The van der Waals surface area contributed by atoms with E-state index in [0.717, 1.165) is 0 Å². The molecule has 1 aliphatic rings. The van der Waals surface area contributed by atoms with E-state index in [0.29, 0.717) is 21.9 Å². The highest BCUT2D eigenvalue weighted by molar-refractivity contribution is 6.31. The van der Waals surface area contributed by atoms with Gasteiger partial charge >= 0.3 is 5.97 Å². The molecule has 5 nitrogen and oxygen atoms in total. The van der Waals surface area contributed by atoms with Gasteiger partial charge < -0.3 is 10.1 Å². The molecule has 134 valence electrons. The second-order valence-corrected chi connectivity index (χ2v) is 6.03. The van der Waals surface area contributed by atoms with Crippen molar-refractivity contribution in [1.29, 1.82) is 0 Å². The van der Waals surface area contributed by atoms with Crippen molar-refractivity contribution in [2.24, 2.45) is 4.99 Å². The van der Waals surface area contributed by atoms with E-state index in [1.54, 1.807) is 38.1 Å². The third-order valence-electron chi connectivity index (χ3n) is 3.92. The molecule has 1 atom stereocenters. The number of hydrogen-bond acceptors (Lipinski definition) is 5.